The van der Waals surface area contributed by atoms with Crippen LogP contribution in [0, 0.1) is 0 Å². The van der Waals surface area contributed by atoms with Gasteiger partial charge in [-0.2, -0.15) is 0 Å². The van der Waals surface area contributed by atoms with Gasteiger partial charge < -0.3 is 15.1 Å². The maximum Gasteiger partial charge on any atom is 0.230 e. The molecule has 8 heteroatoms. The van der Waals surface area contributed by atoms with Gasteiger partial charge in [-0.3, -0.25) is 4.79 Å². The molecule has 0 bridgehead atoms. The highest BCUT2D eigenvalue weighted by molar-refractivity contribution is 8.01. The highest BCUT2D eigenvalue weighted by Crippen LogP contribution is 2.27. The molecule has 29 heavy (non-hydrogen) atoms. The van der Waals surface area contributed by atoms with Crippen LogP contribution in [0.15, 0.2) is 45.4 Å². The lowest BCUT2D eigenvalue weighted by Gasteiger charge is -2.20. The fraction of sp³-hybridized carbons (Fsp3) is 0.381. The molecule has 0 radical (unpaired) electrons. The Morgan fingerprint density at radius 2 is 2.10 bits per heavy atom. The molecule has 2 N–H and O–H groups in total. The molecule has 2 heterocycles. The molecule has 0 unspecified atom stereocenters. The van der Waals surface area contributed by atoms with E-state index in [1.165, 1.54) is 59.1 Å². The van der Waals surface area contributed by atoms with Crippen LogP contribution in [0.4, 0.5) is 5.13 Å². The fourth-order valence-electron chi connectivity index (χ4n) is 3.43. The molecule has 152 valence electrons. The van der Waals surface area contributed by atoms with Crippen molar-refractivity contribution in [2.75, 3.05) is 11.1 Å². The highest BCUT2D eigenvalue weighted by Gasteiger charge is 2.15. The van der Waals surface area contributed by atoms with Gasteiger partial charge in [-0.1, -0.05) is 41.3 Å². The van der Waals surface area contributed by atoms with Crippen LogP contribution in [-0.2, 0) is 24.2 Å². The number of aryl methyl sites for hydroxylation is 2. The molecule has 1 amide bonds. The number of hydrogen-bond acceptors (Lipinski definition) is 7. The van der Waals surface area contributed by atoms with Crippen LogP contribution in [0.1, 0.15) is 48.3 Å². The summed E-state index contributed by atoms with van der Waals surface area (Å²) < 4.78 is 6.05. The molecule has 1 aliphatic rings. The minimum Gasteiger partial charge on any atom is -0.467 e. The number of thioether (sulfide) groups is 1. The smallest absolute Gasteiger partial charge is 0.230 e. The number of fused-ring (bicyclic) bond motifs is 1. The second kappa shape index (κ2) is 9.45. The molecule has 6 nitrogen and oxygen atoms in total. The maximum atomic E-state index is 12.4. The van der Waals surface area contributed by atoms with E-state index in [1.54, 1.807) is 6.26 Å². The van der Waals surface area contributed by atoms with Gasteiger partial charge in [0.15, 0.2) is 4.34 Å². The third-order valence-corrected chi connectivity index (χ3v) is 6.99. The molecular weight excluding hydrogens is 404 g/mol. The summed E-state index contributed by atoms with van der Waals surface area (Å²) in [6, 6.07) is 10.4. The third kappa shape index (κ3) is 5.39. The molecule has 1 aromatic carbocycles. The van der Waals surface area contributed by atoms with E-state index in [0.29, 0.717) is 17.4 Å². The molecule has 2 aromatic heterocycles. The van der Waals surface area contributed by atoms with E-state index in [1.807, 2.05) is 19.1 Å². The van der Waals surface area contributed by atoms with Crippen LogP contribution < -0.4 is 10.6 Å². The van der Waals surface area contributed by atoms with Crippen molar-refractivity contribution in [3.05, 3.63) is 59.0 Å². The number of furan rings is 1. The Morgan fingerprint density at radius 3 is 2.93 bits per heavy atom. The molecule has 0 fully saturated rings. The summed E-state index contributed by atoms with van der Waals surface area (Å²) in [4.78, 5) is 12.4. The van der Waals surface area contributed by atoms with E-state index in [-0.39, 0.29) is 11.9 Å². The van der Waals surface area contributed by atoms with Gasteiger partial charge in [-0.15, -0.1) is 10.2 Å². The average molecular weight is 429 g/mol. The van der Waals surface area contributed by atoms with Crippen molar-refractivity contribution in [3.63, 3.8) is 0 Å². The zero-order chi connectivity index (χ0) is 20.1. The van der Waals surface area contributed by atoms with E-state index in [4.69, 9.17) is 4.42 Å². The molecule has 0 spiro atoms. The largest absolute Gasteiger partial charge is 0.467 e. The summed E-state index contributed by atoms with van der Waals surface area (Å²) in [7, 11) is 0. The van der Waals surface area contributed by atoms with Crippen molar-refractivity contribution in [1.29, 1.82) is 0 Å². The number of carbonyl (C=O) groups is 1. The predicted octanol–water partition coefficient (Wildman–Crippen LogP) is 4.59. The van der Waals surface area contributed by atoms with Gasteiger partial charge in [-0.05, 0) is 61.4 Å². The van der Waals surface area contributed by atoms with Gasteiger partial charge in [0.25, 0.3) is 0 Å². The number of anilines is 1. The molecule has 1 atom stereocenters. The second-order valence-corrected chi connectivity index (χ2v) is 9.32. The first-order valence-electron chi connectivity index (χ1n) is 9.81. The van der Waals surface area contributed by atoms with Crippen molar-refractivity contribution in [1.82, 2.24) is 15.5 Å². The SMILES string of the molecule is C[C@@H](NC(=O)CSc1nnc(NCc2ccco2)s1)c1ccc2c(c1)CCCC2. The quantitative estimate of drug-likeness (QED) is 0.511. The van der Waals surface area contributed by atoms with E-state index in [2.05, 4.69) is 39.0 Å². The Balaban J connectivity index is 1.24. The van der Waals surface area contributed by atoms with Crippen LogP contribution in [0.5, 0.6) is 0 Å². The van der Waals surface area contributed by atoms with Crippen LogP contribution in [0.2, 0.25) is 0 Å². The third-order valence-electron chi connectivity index (χ3n) is 4.98. The maximum absolute atomic E-state index is 12.4. The zero-order valence-electron chi connectivity index (χ0n) is 16.3. The van der Waals surface area contributed by atoms with Gasteiger partial charge in [0.1, 0.15) is 5.76 Å². The van der Waals surface area contributed by atoms with E-state index < -0.39 is 0 Å². The van der Waals surface area contributed by atoms with Crippen molar-refractivity contribution in [3.8, 4) is 0 Å². The fourth-order valence-corrected chi connectivity index (χ4v) is 4.99. The minimum atomic E-state index is -0.00438. The van der Waals surface area contributed by atoms with Crippen molar-refractivity contribution in [2.45, 2.75) is 49.5 Å². The first-order valence-corrected chi connectivity index (χ1v) is 11.6. The Morgan fingerprint density at radius 1 is 1.24 bits per heavy atom. The normalized spacial score (nSPS) is 14.2. The Labute approximate surface area is 178 Å². The lowest BCUT2D eigenvalue weighted by atomic mass is 9.89. The lowest BCUT2D eigenvalue weighted by Crippen LogP contribution is -2.28. The first-order chi connectivity index (χ1) is 14.2. The average Bonchev–Trinajstić information content (AvgIpc) is 3.42. The number of amides is 1. The monoisotopic (exact) mass is 428 g/mol. The molecule has 3 aromatic rings. The molecule has 0 saturated heterocycles. The Hall–Kier alpha value is -2.32. The summed E-state index contributed by atoms with van der Waals surface area (Å²) in [5.74, 6) is 1.16. The Kier molecular flexibility index (Phi) is 6.51. The summed E-state index contributed by atoms with van der Waals surface area (Å²) in [5.41, 5.74) is 4.07. The summed E-state index contributed by atoms with van der Waals surface area (Å²) >= 11 is 2.84. The van der Waals surface area contributed by atoms with Gasteiger partial charge in [0.2, 0.25) is 11.0 Å². The number of rotatable bonds is 8. The highest BCUT2D eigenvalue weighted by atomic mass is 32.2. The molecular formula is C21H24N4O2S2. The van der Waals surface area contributed by atoms with E-state index in [0.717, 1.165) is 16.5 Å². The van der Waals surface area contributed by atoms with Crippen LogP contribution >= 0.6 is 23.1 Å². The van der Waals surface area contributed by atoms with Gasteiger partial charge in [-0.25, -0.2) is 0 Å². The minimum absolute atomic E-state index is 0.000477. The number of carbonyl (C=O) groups excluding carboxylic acids is 1. The Bertz CT molecular complexity index is 956. The van der Waals surface area contributed by atoms with Crippen LogP contribution in [0.25, 0.3) is 0 Å². The molecule has 4 rings (SSSR count). The van der Waals surface area contributed by atoms with E-state index in [9.17, 15) is 4.79 Å². The predicted molar refractivity (Wildman–Crippen MR) is 116 cm³/mol. The topological polar surface area (TPSA) is 80.0 Å². The number of nitrogens with zero attached hydrogens (tertiary/aromatic N) is 2. The summed E-state index contributed by atoms with van der Waals surface area (Å²) in [5, 5.41) is 15.2. The van der Waals surface area contributed by atoms with E-state index >= 15 is 0 Å². The van der Waals surface area contributed by atoms with Gasteiger partial charge in [0.05, 0.1) is 24.6 Å². The van der Waals surface area contributed by atoms with Crippen molar-refractivity contribution in [2.24, 2.45) is 0 Å². The van der Waals surface area contributed by atoms with Gasteiger partial charge in [0, 0.05) is 0 Å². The number of benzene rings is 1. The number of nitrogens with one attached hydrogen (secondary N) is 2. The van der Waals surface area contributed by atoms with Crippen molar-refractivity contribution < 1.29 is 9.21 Å². The number of aromatic nitrogens is 2. The molecule has 0 aliphatic heterocycles. The summed E-state index contributed by atoms with van der Waals surface area (Å²) in [6.45, 7) is 2.60. The molecule has 1 aliphatic carbocycles. The van der Waals surface area contributed by atoms with Crippen LogP contribution in [0.3, 0.4) is 0 Å². The first kappa shape index (κ1) is 20.0. The second-order valence-electron chi connectivity index (χ2n) is 7.12. The van der Waals surface area contributed by atoms with Gasteiger partial charge >= 0.3 is 0 Å². The molecule has 0 saturated carbocycles. The van der Waals surface area contributed by atoms with Crippen LogP contribution in [-0.4, -0.2) is 21.9 Å². The lowest BCUT2D eigenvalue weighted by molar-refractivity contribution is -0.119. The summed E-state index contributed by atoms with van der Waals surface area (Å²) in [6.07, 6.45) is 6.50. The zero-order valence-corrected chi connectivity index (χ0v) is 17.9. The number of hydrogen-bond donors (Lipinski definition) is 2. The van der Waals surface area contributed by atoms with Crippen molar-refractivity contribution >= 4 is 34.1 Å². The standard InChI is InChI=1S/C21H24N4O2S2/c1-14(16-9-8-15-5-2-3-6-17(15)11-16)23-19(26)13-28-21-25-24-20(29-21)22-12-18-7-4-10-27-18/h4,7-11,14H,2-3,5-6,12-13H2,1H3,(H,22,24)(H,23,26)/t14-/m1/s1.